The molecule has 0 aliphatic carbocycles. The van der Waals surface area contributed by atoms with Crippen molar-refractivity contribution in [2.24, 2.45) is 5.73 Å². The average molecular weight is 151 g/mol. The Labute approximate surface area is 66.5 Å². The molecule has 0 heterocycles. The van der Waals surface area contributed by atoms with E-state index in [1.807, 2.05) is 12.1 Å². The number of hydrogen-bond acceptors (Lipinski definition) is 3. The van der Waals surface area contributed by atoms with Gasteiger partial charge < -0.3 is 16.9 Å². The molecule has 5 N–H and O–H groups in total. The quantitative estimate of drug-likeness (QED) is 0.411. The monoisotopic (exact) mass is 151 g/mol. The molecule has 0 aliphatic rings. The van der Waals surface area contributed by atoms with Gasteiger partial charge in [-0.05, 0) is 24.7 Å². The molecule has 0 radical (unpaired) electrons. The van der Waals surface area contributed by atoms with Gasteiger partial charge in [0.05, 0.1) is 0 Å². The molecule has 60 valence electrons. The van der Waals surface area contributed by atoms with Crippen LogP contribution in [0, 0.1) is 5.41 Å². The van der Waals surface area contributed by atoms with Crippen molar-refractivity contribution in [1.29, 1.82) is 5.41 Å². The molecular weight excluding hydrogens is 138 g/mol. The number of nitrogens with two attached hydrogens (primary N) is 2. The summed E-state index contributed by atoms with van der Waals surface area (Å²) in [5, 5.41) is 6.85. The smallest absolute Gasteiger partial charge is 0.0314 e. The van der Waals surface area contributed by atoms with E-state index in [1.54, 1.807) is 12.1 Å². The first-order chi connectivity index (χ1) is 5.33. The summed E-state index contributed by atoms with van der Waals surface area (Å²) in [4.78, 5) is 0. The number of rotatable bonds is 1. The molecule has 0 atom stereocenters. The van der Waals surface area contributed by atoms with Gasteiger partial charge in [-0.3, -0.25) is 0 Å². The van der Waals surface area contributed by atoms with Gasteiger partial charge in [0.2, 0.25) is 0 Å². The fourth-order valence-corrected chi connectivity index (χ4v) is 0.592. The second-order valence-corrected chi connectivity index (χ2v) is 1.81. The van der Waals surface area contributed by atoms with Crippen LogP contribution in [0.15, 0.2) is 24.3 Å². The minimum atomic E-state index is 0.737. The summed E-state index contributed by atoms with van der Waals surface area (Å²) in [6, 6.07) is 7.17. The lowest BCUT2D eigenvalue weighted by atomic mass is 10.2. The summed E-state index contributed by atoms with van der Waals surface area (Å²) in [6.45, 7) is 0. The standard InChI is InChI=1S/C7H8N2.CH5N/c8-5-6-1-3-7(9)4-2-6;1-2/h1-5,8H,9H2;2H2,1H3. The fourth-order valence-electron chi connectivity index (χ4n) is 0.592. The van der Waals surface area contributed by atoms with Gasteiger partial charge in [0.25, 0.3) is 0 Å². The summed E-state index contributed by atoms with van der Waals surface area (Å²) in [5.41, 5.74) is 11.5. The van der Waals surface area contributed by atoms with Gasteiger partial charge in [0.15, 0.2) is 0 Å². The Bertz CT molecular complexity index is 203. The first kappa shape index (κ1) is 9.65. The Morgan fingerprint density at radius 1 is 1.18 bits per heavy atom. The van der Waals surface area contributed by atoms with E-state index < -0.39 is 0 Å². The van der Waals surface area contributed by atoms with Crippen LogP contribution in [0.25, 0.3) is 0 Å². The van der Waals surface area contributed by atoms with E-state index in [-0.39, 0.29) is 0 Å². The highest BCUT2D eigenvalue weighted by molar-refractivity contribution is 5.77. The zero-order chi connectivity index (χ0) is 8.69. The van der Waals surface area contributed by atoms with Gasteiger partial charge >= 0.3 is 0 Å². The van der Waals surface area contributed by atoms with Crippen molar-refractivity contribution in [2.75, 3.05) is 12.8 Å². The fraction of sp³-hybridized carbons (Fsp3) is 0.125. The van der Waals surface area contributed by atoms with E-state index in [4.69, 9.17) is 11.1 Å². The molecule has 0 amide bonds. The molecule has 0 spiro atoms. The van der Waals surface area contributed by atoms with Crippen LogP contribution in [-0.4, -0.2) is 13.3 Å². The van der Waals surface area contributed by atoms with Crippen LogP contribution in [0.2, 0.25) is 0 Å². The topological polar surface area (TPSA) is 75.9 Å². The Morgan fingerprint density at radius 2 is 1.64 bits per heavy atom. The van der Waals surface area contributed by atoms with Gasteiger partial charge in [-0.2, -0.15) is 0 Å². The van der Waals surface area contributed by atoms with Crippen molar-refractivity contribution < 1.29 is 0 Å². The highest BCUT2D eigenvalue weighted by Gasteiger charge is 1.83. The maximum Gasteiger partial charge on any atom is 0.0314 e. The normalized spacial score (nSPS) is 7.82. The summed E-state index contributed by atoms with van der Waals surface area (Å²) in [6.07, 6.45) is 1.29. The summed E-state index contributed by atoms with van der Waals surface area (Å²) in [7, 11) is 1.50. The largest absolute Gasteiger partial charge is 0.399 e. The van der Waals surface area contributed by atoms with Crippen LogP contribution in [0.1, 0.15) is 5.56 Å². The average Bonchev–Trinajstić information content (AvgIpc) is 2.10. The van der Waals surface area contributed by atoms with Crippen LogP contribution >= 0.6 is 0 Å². The third kappa shape index (κ3) is 3.37. The summed E-state index contributed by atoms with van der Waals surface area (Å²) >= 11 is 0. The number of benzene rings is 1. The Hall–Kier alpha value is -1.35. The highest BCUT2D eigenvalue weighted by atomic mass is 14.5. The molecule has 11 heavy (non-hydrogen) atoms. The van der Waals surface area contributed by atoms with Gasteiger partial charge in [0, 0.05) is 11.9 Å². The Balaban J connectivity index is 0.000000461. The third-order valence-electron chi connectivity index (χ3n) is 1.10. The molecule has 0 bridgehead atoms. The van der Waals surface area contributed by atoms with Gasteiger partial charge in [-0.25, -0.2) is 0 Å². The van der Waals surface area contributed by atoms with Gasteiger partial charge in [0.1, 0.15) is 0 Å². The molecule has 1 rings (SSSR count). The first-order valence-corrected chi connectivity index (χ1v) is 3.26. The lowest BCUT2D eigenvalue weighted by molar-refractivity contribution is 1.48. The van der Waals surface area contributed by atoms with Crippen molar-refractivity contribution in [3.05, 3.63) is 29.8 Å². The Morgan fingerprint density at radius 3 is 2.00 bits per heavy atom. The molecule has 0 fully saturated rings. The summed E-state index contributed by atoms with van der Waals surface area (Å²) < 4.78 is 0. The molecule has 1 aromatic rings. The second-order valence-electron chi connectivity index (χ2n) is 1.81. The molecule has 0 aromatic heterocycles. The molecular formula is C8H13N3. The van der Waals surface area contributed by atoms with Crippen molar-refractivity contribution in [3.63, 3.8) is 0 Å². The number of nitrogen functional groups attached to an aromatic ring is 1. The minimum absolute atomic E-state index is 0.737. The second kappa shape index (κ2) is 5.44. The molecule has 3 heteroatoms. The summed E-state index contributed by atoms with van der Waals surface area (Å²) in [5.74, 6) is 0. The van der Waals surface area contributed by atoms with E-state index in [9.17, 15) is 0 Å². The zero-order valence-corrected chi connectivity index (χ0v) is 6.54. The molecule has 1 aromatic carbocycles. The van der Waals surface area contributed by atoms with Crippen LogP contribution in [0.5, 0.6) is 0 Å². The molecule has 0 aliphatic heterocycles. The van der Waals surface area contributed by atoms with E-state index in [0.29, 0.717) is 0 Å². The van der Waals surface area contributed by atoms with Crippen LogP contribution in [0.3, 0.4) is 0 Å². The van der Waals surface area contributed by atoms with Crippen LogP contribution in [-0.2, 0) is 0 Å². The van der Waals surface area contributed by atoms with E-state index in [0.717, 1.165) is 11.3 Å². The lowest BCUT2D eigenvalue weighted by Gasteiger charge is -1.90. The van der Waals surface area contributed by atoms with Crippen LogP contribution in [0.4, 0.5) is 5.69 Å². The van der Waals surface area contributed by atoms with E-state index >= 15 is 0 Å². The molecule has 3 nitrogen and oxygen atoms in total. The third-order valence-corrected chi connectivity index (χ3v) is 1.10. The van der Waals surface area contributed by atoms with Gasteiger partial charge in [-0.15, -0.1) is 0 Å². The maximum absolute atomic E-state index is 6.85. The van der Waals surface area contributed by atoms with Crippen molar-refractivity contribution in [2.45, 2.75) is 0 Å². The number of nitrogens with one attached hydrogen (secondary N) is 1. The molecule has 0 saturated carbocycles. The van der Waals surface area contributed by atoms with Gasteiger partial charge in [-0.1, -0.05) is 12.1 Å². The van der Waals surface area contributed by atoms with Crippen molar-refractivity contribution >= 4 is 11.9 Å². The SMILES string of the molecule is CN.N=Cc1ccc(N)cc1. The first-order valence-electron chi connectivity index (χ1n) is 3.26. The predicted molar refractivity (Wildman–Crippen MR) is 48.9 cm³/mol. The van der Waals surface area contributed by atoms with Crippen molar-refractivity contribution in [1.82, 2.24) is 0 Å². The molecule has 0 saturated heterocycles. The van der Waals surface area contributed by atoms with Crippen LogP contribution < -0.4 is 11.5 Å². The predicted octanol–water partition coefficient (Wildman–Crippen LogP) is 0.841. The molecule has 0 unspecified atom stereocenters. The van der Waals surface area contributed by atoms with Crippen molar-refractivity contribution in [3.8, 4) is 0 Å². The Kier molecular flexibility index (Phi) is 4.77. The number of anilines is 1. The maximum atomic E-state index is 6.85. The lowest BCUT2D eigenvalue weighted by Crippen LogP contribution is -1.84. The minimum Gasteiger partial charge on any atom is -0.399 e. The van der Waals surface area contributed by atoms with E-state index in [2.05, 4.69) is 5.73 Å². The van der Waals surface area contributed by atoms with E-state index in [1.165, 1.54) is 13.3 Å². The zero-order valence-electron chi connectivity index (χ0n) is 6.54. The number of hydrogen-bond donors (Lipinski definition) is 3. The highest BCUT2D eigenvalue weighted by Crippen LogP contribution is 2.01.